The molecular formula is C28H30F2N6O2. The summed E-state index contributed by atoms with van der Waals surface area (Å²) in [6.07, 6.45) is 7.59. The molecule has 2 heterocycles. The molecule has 10 heteroatoms. The maximum absolute atomic E-state index is 13.4. The summed E-state index contributed by atoms with van der Waals surface area (Å²) < 4.78 is 26.4. The standard InChI is InChI=1S/C28H30F2N6O2/c29-22-13-12-21(16-23(22)30)31-25(38)17-24(37)18-8-10-20(11-9-18)32-27-33-26(19-6-2-3-7-19)34-28(35-27)36-14-4-1-5-15-36/h8-13,16,19H,1-7,14-15,17H2,(H,31,38)(H,32,33,34,35). The van der Waals surface area contributed by atoms with Crippen LogP contribution in [0.15, 0.2) is 42.5 Å². The first-order valence-electron chi connectivity index (χ1n) is 13.1. The highest BCUT2D eigenvalue weighted by atomic mass is 19.2. The van der Waals surface area contributed by atoms with Gasteiger partial charge in [0.15, 0.2) is 17.4 Å². The second kappa shape index (κ2) is 11.6. The summed E-state index contributed by atoms with van der Waals surface area (Å²) in [4.78, 5) is 41.3. The number of benzene rings is 2. The molecule has 8 nitrogen and oxygen atoms in total. The second-order valence-corrected chi connectivity index (χ2v) is 9.83. The van der Waals surface area contributed by atoms with E-state index in [-0.39, 0.29) is 5.69 Å². The van der Waals surface area contributed by atoms with Crippen LogP contribution in [0.5, 0.6) is 0 Å². The molecule has 0 spiro atoms. The SMILES string of the molecule is O=C(CC(=O)c1ccc(Nc2nc(C3CCCC3)nc(N3CCCCC3)n2)cc1)Nc1ccc(F)c(F)c1. The molecule has 2 fully saturated rings. The summed E-state index contributed by atoms with van der Waals surface area (Å²) in [6, 6.07) is 9.74. The van der Waals surface area contributed by atoms with Crippen LogP contribution in [0.4, 0.5) is 32.1 Å². The smallest absolute Gasteiger partial charge is 0.232 e. The number of carbonyl (C=O) groups excluding carboxylic acids is 2. The van der Waals surface area contributed by atoms with Crippen molar-refractivity contribution in [2.75, 3.05) is 28.6 Å². The van der Waals surface area contributed by atoms with Crippen molar-refractivity contribution in [1.29, 1.82) is 0 Å². The lowest BCUT2D eigenvalue weighted by molar-refractivity contribution is -0.115. The van der Waals surface area contributed by atoms with Gasteiger partial charge < -0.3 is 15.5 Å². The van der Waals surface area contributed by atoms with E-state index in [1.807, 2.05) is 0 Å². The fraction of sp³-hybridized carbons (Fsp3) is 0.393. The van der Waals surface area contributed by atoms with Crippen LogP contribution in [0.2, 0.25) is 0 Å². The van der Waals surface area contributed by atoms with E-state index < -0.39 is 29.7 Å². The van der Waals surface area contributed by atoms with Gasteiger partial charge in [-0.3, -0.25) is 9.59 Å². The van der Waals surface area contributed by atoms with Crippen LogP contribution in [0.1, 0.15) is 73.5 Å². The monoisotopic (exact) mass is 520 g/mol. The normalized spacial score (nSPS) is 15.9. The summed E-state index contributed by atoms with van der Waals surface area (Å²) in [5.74, 6) is -0.725. The molecule has 1 aliphatic heterocycles. The van der Waals surface area contributed by atoms with E-state index in [9.17, 15) is 18.4 Å². The molecule has 1 aliphatic carbocycles. The summed E-state index contributed by atoms with van der Waals surface area (Å²) in [6.45, 7) is 1.88. The number of aromatic nitrogens is 3. The molecule has 0 bridgehead atoms. The highest BCUT2D eigenvalue weighted by Gasteiger charge is 2.24. The van der Waals surface area contributed by atoms with E-state index in [2.05, 4.69) is 15.5 Å². The first-order valence-corrected chi connectivity index (χ1v) is 13.1. The van der Waals surface area contributed by atoms with Crippen molar-refractivity contribution in [1.82, 2.24) is 15.0 Å². The van der Waals surface area contributed by atoms with Gasteiger partial charge in [0.2, 0.25) is 17.8 Å². The van der Waals surface area contributed by atoms with Gasteiger partial charge in [-0.15, -0.1) is 0 Å². The van der Waals surface area contributed by atoms with Crippen molar-refractivity contribution in [2.45, 2.75) is 57.3 Å². The Morgan fingerprint density at radius 1 is 0.842 bits per heavy atom. The number of Topliss-reactive ketones (excluding diaryl/α,β-unsaturated/α-hetero) is 1. The molecule has 0 unspecified atom stereocenters. The minimum atomic E-state index is -1.08. The topological polar surface area (TPSA) is 100 Å². The number of halogens is 2. The molecule has 0 radical (unpaired) electrons. The van der Waals surface area contributed by atoms with Crippen LogP contribution in [0.25, 0.3) is 0 Å². The number of piperidine rings is 1. The summed E-state index contributed by atoms with van der Waals surface area (Å²) >= 11 is 0. The molecule has 1 saturated carbocycles. The van der Waals surface area contributed by atoms with E-state index in [1.165, 1.54) is 25.3 Å². The molecule has 0 atom stereocenters. The third-order valence-electron chi connectivity index (χ3n) is 6.99. The van der Waals surface area contributed by atoms with Crippen molar-refractivity contribution in [2.24, 2.45) is 0 Å². The lowest BCUT2D eigenvalue weighted by atomic mass is 10.1. The minimum absolute atomic E-state index is 0.0829. The van der Waals surface area contributed by atoms with Crippen molar-refractivity contribution in [3.05, 3.63) is 65.5 Å². The lowest BCUT2D eigenvalue weighted by Gasteiger charge is -2.27. The number of hydrogen-bond donors (Lipinski definition) is 2. The zero-order valence-corrected chi connectivity index (χ0v) is 21.1. The van der Waals surface area contributed by atoms with Crippen LogP contribution in [-0.4, -0.2) is 39.7 Å². The summed E-state index contributed by atoms with van der Waals surface area (Å²) in [5.41, 5.74) is 1.15. The molecule has 1 saturated heterocycles. The number of amides is 1. The Balaban J connectivity index is 1.25. The van der Waals surface area contributed by atoms with Gasteiger partial charge in [0, 0.05) is 42.0 Å². The second-order valence-electron chi connectivity index (χ2n) is 9.83. The number of ketones is 1. The predicted octanol–water partition coefficient (Wildman–Crippen LogP) is 5.75. The average Bonchev–Trinajstić information content (AvgIpc) is 3.47. The van der Waals surface area contributed by atoms with Crippen LogP contribution >= 0.6 is 0 Å². The molecule has 2 aliphatic rings. The fourth-order valence-corrected chi connectivity index (χ4v) is 4.93. The third kappa shape index (κ3) is 6.30. The molecule has 5 rings (SSSR count). The van der Waals surface area contributed by atoms with E-state index in [0.717, 1.165) is 56.7 Å². The van der Waals surface area contributed by atoms with Gasteiger partial charge in [-0.05, 0) is 68.5 Å². The van der Waals surface area contributed by atoms with Crippen molar-refractivity contribution >= 4 is 35.0 Å². The largest absolute Gasteiger partial charge is 0.341 e. The van der Waals surface area contributed by atoms with Crippen LogP contribution in [0, 0.1) is 11.6 Å². The summed E-state index contributed by atoms with van der Waals surface area (Å²) in [7, 11) is 0. The molecule has 1 aromatic heterocycles. The van der Waals surface area contributed by atoms with Crippen LogP contribution in [0.3, 0.4) is 0 Å². The third-order valence-corrected chi connectivity index (χ3v) is 6.99. The maximum atomic E-state index is 13.4. The van der Waals surface area contributed by atoms with E-state index in [1.54, 1.807) is 24.3 Å². The lowest BCUT2D eigenvalue weighted by Crippen LogP contribution is -2.31. The highest BCUT2D eigenvalue weighted by molar-refractivity contribution is 6.11. The predicted molar refractivity (Wildman–Crippen MR) is 141 cm³/mol. The number of nitrogens with zero attached hydrogens (tertiary/aromatic N) is 4. The Labute approximate surface area is 219 Å². The Bertz CT molecular complexity index is 1310. The highest BCUT2D eigenvalue weighted by Crippen LogP contribution is 2.33. The quantitative estimate of drug-likeness (QED) is 0.288. The number of anilines is 4. The number of carbonyl (C=O) groups is 2. The minimum Gasteiger partial charge on any atom is -0.341 e. The molecule has 3 aromatic rings. The Kier molecular flexibility index (Phi) is 7.86. The van der Waals surface area contributed by atoms with E-state index in [0.29, 0.717) is 29.1 Å². The first-order chi connectivity index (χ1) is 18.4. The van der Waals surface area contributed by atoms with Crippen LogP contribution in [-0.2, 0) is 4.79 Å². The molecule has 2 aromatic carbocycles. The van der Waals surface area contributed by atoms with Gasteiger partial charge in [-0.1, -0.05) is 12.8 Å². The zero-order chi connectivity index (χ0) is 26.5. The first kappa shape index (κ1) is 25.7. The van der Waals surface area contributed by atoms with Gasteiger partial charge >= 0.3 is 0 Å². The Morgan fingerprint density at radius 3 is 2.26 bits per heavy atom. The number of hydrogen-bond acceptors (Lipinski definition) is 7. The molecule has 198 valence electrons. The van der Waals surface area contributed by atoms with Gasteiger partial charge in [0.25, 0.3) is 0 Å². The molecule has 1 amide bonds. The fourth-order valence-electron chi connectivity index (χ4n) is 4.93. The van der Waals surface area contributed by atoms with Gasteiger partial charge in [-0.25, -0.2) is 8.78 Å². The summed E-state index contributed by atoms with van der Waals surface area (Å²) in [5, 5.41) is 5.66. The van der Waals surface area contributed by atoms with E-state index in [4.69, 9.17) is 15.0 Å². The molecular weight excluding hydrogens is 490 g/mol. The maximum Gasteiger partial charge on any atom is 0.232 e. The number of rotatable bonds is 8. The van der Waals surface area contributed by atoms with Crippen molar-refractivity contribution in [3.63, 3.8) is 0 Å². The molecule has 38 heavy (non-hydrogen) atoms. The number of nitrogens with one attached hydrogen (secondary N) is 2. The Morgan fingerprint density at radius 2 is 1.55 bits per heavy atom. The van der Waals surface area contributed by atoms with Gasteiger partial charge in [-0.2, -0.15) is 15.0 Å². The van der Waals surface area contributed by atoms with Gasteiger partial charge in [0.05, 0.1) is 6.42 Å². The van der Waals surface area contributed by atoms with Crippen molar-refractivity contribution in [3.8, 4) is 0 Å². The van der Waals surface area contributed by atoms with Gasteiger partial charge in [0.1, 0.15) is 5.82 Å². The zero-order valence-electron chi connectivity index (χ0n) is 21.1. The van der Waals surface area contributed by atoms with Crippen LogP contribution < -0.4 is 15.5 Å². The molecule has 2 N–H and O–H groups in total. The Hall–Kier alpha value is -3.95. The van der Waals surface area contributed by atoms with Crippen molar-refractivity contribution < 1.29 is 18.4 Å². The van der Waals surface area contributed by atoms with E-state index >= 15 is 0 Å². The average molecular weight is 521 g/mol.